The van der Waals surface area contributed by atoms with Crippen LogP contribution in [0.3, 0.4) is 0 Å². The van der Waals surface area contributed by atoms with E-state index >= 15 is 0 Å². The van der Waals surface area contributed by atoms with Crippen LogP contribution in [-0.2, 0) is 5.41 Å². The Balaban J connectivity index is 2.29. The molecule has 0 saturated heterocycles. The molecule has 0 unspecified atom stereocenters. The van der Waals surface area contributed by atoms with Crippen molar-refractivity contribution in [1.29, 1.82) is 0 Å². The van der Waals surface area contributed by atoms with Crippen molar-refractivity contribution in [2.75, 3.05) is 0 Å². The summed E-state index contributed by atoms with van der Waals surface area (Å²) in [6.45, 7) is 0. The summed E-state index contributed by atoms with van der Waals surface area (Å²) < 4.78 is 27.7. The predicted octanol–water partition coefficient (Wildman–Crippen LogP) is 4.99. The van der Waals surface area contributed by atoms with Gasteiger partial charge in [-0.2, -0.15) is 0 Å². The van der Waals surface area contributed by atoms with E-state index in [0.717, 1.165) is 24.8 Å². The van der Waals surface area contributed by atoms with Crippen molar-refractivity contribution in [3.8, 4) is 0 Å². The highest BCUT2D eigenvalue weighted by Gasteiger charge is 2.33. The van der Waals surface area contributed by atoms with Gasteiger partial charge in [-0.15, -0.1) is 4.55 Å². The van der Waals surface area contributed by atoms with E-state index in [9.17, 15) is 8.78 Å². The molecule has 0 aromatic heterocycles. The van der Waals surface area contributed by atoms with E-state index in [0.29, 0.717) is 0 Å². The van der Waals surface area contributed by atoms with Crippen molar-refractivity contribution in [2.45, 2.75) is 48.5 Å². The molecule has 0 heterocycles. The molecule has 1 saturated carbocycles. The van der Waals surface area contributed by atoms with Gasteiger partial charge in [0.05, 0.1) is 0 Å². The van der Waals surface area contributed by atoms with Crippen LogP contribution in [-0.4, -0.2) is 18.2 Å². The highest BCUT2D eigenvalue weighted by Crippen LogP contribution is 2.43. The van der Waals surface area contributed by atoms with Crippen molar-refractivity contribution >= 4 is 31.1 Å². The first-order valence-corrected chi connectivity index (χ1v) is 11.6. The molecule has 0 nitrogen and oxygen atoms in total. The average Bonchev–Trinajstić information content (AvgIpc) is 2.40. The SMILES string of the molecule is Fc1ccc(C2(C[CH2][Mg][Br])CCCCC2)cc1F. The molecule has 0 amide bonds. The maximum absolute atomic E-state index is 13.5. The molecule has 18 heavy (non-hydrogen) atoms. The lowest BCUT2D eigenvalue weighted by molar-refractivity contribution is 0.282. The third-order valence-electron chi connectivity index (χ3n) is 4.13. The zero-order valence-corrected chi connectivity index (χ0v) is 13.5. The normalized spacial score (nSPS) is 18.4. The third-order valence-corrected chi connectivity index (χ3v) is 6.43. The Morgan fingerprint density at radius 3 is 2.44 bits per heavy atom. The summed E-state index contributed by atoms with van der Waals surface area (Å²) in [7, 11) is 0. The fraction of sp³-hybridized carbons (Fsp3) is 0.571. The Morgan fingerprint density at radius 2 is 1.83 bits per heavy atom. The molecule has 1 aliphatic rings. The third kappa shape index (κ3) is 3.25. The monoisotopic (exact) mass is 326 g/mol. The minimum absolute atomic E-state index is 0.105. The van der Waals surface area contributed by atoms with Crippen molar-refractivity contribution in [1.82, 2.24) is 0 Å². The molecule has 0 N–H and O–H groups in total. The van der Waals surface area contributed by atoms with Gasteiger partial charge in [0.1, 0.15) is 0 Å². The molecule has 1 aliphatic carbocycles. The van der Waals surface area contributed by atoms with E-state index in [2.05, 4.69) is 12.9 Å². The van der Waals surface area contributed by atoms with E-state index in [-0.39, 0.29) is 23.6 Å². The van der Waals surface area contributed by atoms with Crippen molar-refractivity contribution in [3.63, 3.8) is 0 Å². The van der Waals surface area contributed by atoms with Crippen LogP contribution >= 0.6 is 12.9 Å². The van der Waals surface area contributed by atoms with Crippen molar-refractivity contribution in [3.05, 3.63) is 35.4 Å². The molecule has 0 aliphatic heterocycles. The molecule has 0 radical (unpaired) electrons. The summed E-state index contributed by atoms with van der Waals surface area (Å²) in [4.78, 5) is 0. The van der Waals surface area contributed by atoms with Gasteiger partial charge in [-0.25, -0.2) is 8.78 Å². The fourth-order valence-electron chi connectivity index (χ4n) is 3.14. The minimum Gasteiger partial charge on any atom is -0.307 e. The molecule has 1 aromatic carbocycles. The van der Waals surface area contributed by atoms with Gasteiger partial charge in [0.15, 0.2) is 11.6 Å². The Morgan fingerprint density at radius 1 is 1.11 bits per heavy atom. The lowest BCUT2D eigenvalue weighted by Gasteiger charge is -2.38. The van der Waals surface area contributed by atoms with Crippen LogP contribution in [0.1, 0.15) is 44.1 Å². The summed E-state index contributed by atoms with van der Waals surface area (Å²) in [5.74, 6) is -1.44. The van der Waals surface area contributed by atoms with E-state index in [1.165, 1.54) is 35.9 Å². The predicted molar refractivity (Wildman–Crippen MR) is 75.2 cm³/mol. The lowest BCUT2D eigenvalue weighted by atomic mass is 9.68. The maximum Gasteiger partial charge on any atom is 0.468 e. The second-order valence-corrected chi connectivity index (χ2v) is 8.73. The molecule has 96 valence electrons. The average molecular weight is 327 g/mol. The van der Waals surface area contributed by atoms with Gasteiger partial charge in [-0.05, 0) is 36.0 Å². The van der Waals surface area contributed by atoms with Gasteiger partial charge in [-0.3, -0.25) is 0 Å². The first-order chi connectivity index (χ1) is 8.68. The number of rotatable bonds is 4. The van der Waals surface area contributed by atoms with Crippen LogP contribution in [0.2, 0.25) is 4.55 Å². The largest absolute Gasteiger partial charge is 0.468 e. The van der Waals surface area contributed by atoms with Crippen LogP contribution in [0, 0.1) is 11.6 Å². The highest BCUT2D eigenvalue weighted by atomic mass is 79.9. The van der Waals surface area contributed by atoms with E-state index in [1.807, 2.05) is 0 Å². The number of hydrogen-bond donors (Lipinski definition) is 0. The zero-order chi connectivity index (χ0) is 13.0. The van der Waals surface area contributed by atoms with Gasteiger partial charge in [0.25, 0.3) is 0 Å². The van der Waals surface area contributed by atoms with Crippen molar-refractivity contribution in [2.24, 2.45) is 0 Å². The summed E-state index contributed by atoms with van der Waals surface area (Å²) in [5.41, 5.74) is 1.11. The van der Waals surface area contributed by atoms with Gasteiger partial charge in [-0.1, -0.05) is 31.7 Å². The summed E-state index contributed by atoms with van der Waals surface area (Å²) in [6.07, 6.45) is 7.07. The number of benzene rings is 1. The van der Waals surface area contributed by atoms with Gasteiger partial charge >= 0.3 is 18.2 Å². The minimum atomic E-state index is -0.737. The summed E-state index contributed by atoms with van der Waals surface area (Å²) in [6, 6.07) is 4.50. The quantitative estimate of drug-likeness (QED) is 0.684. The van der Waals surface area contributed by atoms with Gasteiger partial charge in [0.2, 0.25) is 0 Å². The van der Waals surface area contributed by atoms with Crippen LogP contribution in [0.4, 0.5) is 8.78 Å². The Labute approximate surface area is 123 Å². The lowest BCUT2D eigenvalue weighted by Crippen LogP contribution is -2.29. The summed E-state index contributed by atoms with van der Waals surface area (Å²) in [5, 5.41) is 0. The molecule has 0 atom stereocenters. The summed E-state index contributed by atoms with van der Waals surface area (Å²) >= 11 is 3.46. The zero-order valence-electron chi connectivity index (χ0n) is 10.5. The van der Waals surface area contributed by atoms with Gasteiger partial charge in [0, 0.05) is 0 Å². The molecule has 0 bridgehead atoms. The van der Waals surface area contributed by atoms with Crippen LogP contribution in [0.15, 0.2) is 18.2 Å². The topological polar surface area (TPSA) is 0 Å². The Hall–Kier alpha value is 0.326. The van der Waals surface area contributed by atoms with Gasteiger partial charge < -0.3 is 12.9 Å². The molecule has 1 fully saturated rings. The number of hydrogen-bond acceptors (Lipinski definition) is 0. The Kier molecular flexibility index (Phi) is 5.45. The second kappa shape index (κ2) is 6.66. The molecule has 2 rings (SSSR count). The van der Waals surface area contributed by atoms with E-state index < -0.39 is 11.6 Å². The molecular formula is C14H17BrF2Mg. The molecule has 0 spiro atoms. The Bertz CT molecular complexity index is 403. The standard InChI is InChI=1S/C14H17F2.BrH.Mg/c1-2-14(8-4-3-5-9-14)11-6-7-12(15)13(16)10-11;;/h6-7,10H,1-5,8-9H2;1H;/q;;+1/p-1. The maximum atomic E-state index is 13.5. The molecular weight excluding hydrogens is 310 g/mol. The molecule has 1 aromatic rings. The first-order valence-electron chi connectivity index (χ1n) is 6.69. The van der Waals surface area contributed by atoms with E-state index in [4.69, 9.17) is 0 Å². The van der Waals surface area contributed by atoms with E-state index in [1.54, 1.807) is 6.07 Å². The first kappa shape index (κ1) is 14.7. The van der Waals surface area contributed by atoms with Crippen LogP contribution < -0.4 is 0 Å². The second-order valence-electron chi connectivity index (χ2n) is 5.26. The smallest absolute Gasteiger partial charge is 0.307 e. The van der Waals surface area contributed by atoms with Crippen LogP contribution in [0.5, 0.6) is 0 Å². The van der Waals surface area contributed by atoms with Crippen molar-refractivity contribution < 1.29 is 8.78 Å². The van der Waals surface area contributed by atoms with Crippen LogP contribution in [0.25, 0.3) is 0 Å². The number of halogens is 3. The highest BCUT2D eigenvalue weighted by molar-refractivity contribution is 9.23. The fourth-order valence-corrected chi connectivity index (χ4v) is 4.79. The molecule has 4 heteroatoms.